The third-order valence-corrected chi connectivity index (χ3v) is 4.91. The molecule has 4 aromatic rings. The van der Waals surface area contributed by atoms with Crippen LogP contribution in [0.5, 0.6) is 11.5 Å². The fraction of sp³-hybridized carbons (Fsp3) is 0.0400. The van der Waals surface area contributed by atoms with Gasteiger partial charge in [0, 0.05) is 5.56 Å². The summed E-state index contributed by atoms with van der Waals surface area (Å²) in [7, 11) is 0. The van der Waals surface area contributed by atoms with Gasteiger partial charge in [-0.3, -0.25) is 0 Å². The molecule has 0 N–H and O–H groups in total. The van der Waals surface area contributed by atoms with E-state index in [4.69, 9.17) is 4.74 Å². The first-order valence-corrected chi connectivity index (χ1v) is 9.13. The minimum Gasteiger partial charge on any atom is -0.453 e. The summed E-state index contributed by atoms with van der Waals surface area (Å²) < 4.78 is 6.16. The highest BCUT2D eigenvalue weighted by atomic mass is 16.5. The molecule has 0 spiro atoms. The molecule has 0 bridgehead atoms. The normalized spacial score (nSPS) is 12.1. The van der Waals surface area contributed by atoms with Crippen molar-refractivity contribution in [1.82, 2.24) is 0 Å². The number of ether oxygens (including phenoxy) is 1. The summed E-state index contributed by atoms with van der Waals surface area (Å²) in [4.78, 5) is 2.30. The summed E-state index contributed by atoms with van der Waals surface area (Å²) >= 11 is 0. The molecular weight excluding hydrogens is 330 g/mol. The summed E-state index contributed by atoms with van der Waals surface area (Å²) in [6.45, 7) is 2.14. The molecule has 1 aliphatic rings. The number of fused-ring (bicyclic) bond motifs is 2. The number of anilines is 3. The van der Waals surface area contributed by atoms with Crippen LogP contribution >= 0.6 is 0 Å². The van der Waals surface area contributed by atoms with Crippen LogP contribution in [0.15, 0.2) is 97.1 Å². The van der Waals surface area contributed by atoms with Gasteiger partial charge in [0.1, 0.15) is 0 Å². The van der Waals surface area contributed by atoms with Crippen LogP contribution in [0.3, 0.4) is 0 Å². The van der Waals surface area contributed by atoms with E-state index in [9.17, 15) is 0 Å². The molecule has 130 valence electrons. The van der Waals surface area contributed by atoms with E-state index in [1.807, 2.05) is 24.3 Å². The number of nitrogens with zero attached hydrogens (tertiary/aromatic N) is 1. The molecule has 5 rings (SSSR count). The van der Waals surface area contributed by atoms with Gasteiger partial charge in [0.2, 0.25) is 0 Å². The Labute approximate surface area is 159 Å². The van der Waals surface area contributed by atoms with Crippen molar-refractivity contribution < 1.29 is 4.74 Å². The zero-order chi connectivity index (χ0) is 18.2. The predicted octanol–water partition coefficient (Wildman–Crippen LogP) is 7.24. The van der Waals surface area contributed by atoms with Crippen molar-refractivity contribution in [3.05, 3.63) is 103 Å². The number of hydrogen-bond donors (Lipinski definition) is 0. The Balaban J connectivity index is 1.79. The molecule has 0 aromatic heterocycles. The standard InChI is InChI=1S/C25H19NO/c1-18-15-16-21(20(17-18)19-9-3-2-4-10-19)26-22-11-5-7-13-24(22)27-25-14-8-6-12-23(25)26/h2-17H,1H3. The molecule has 0 fully saturated rings. The second-order valence-electron chi connectivity index (χ2n) is 6.76. The Bertz CT molecular complexity index is 1070. The Kier molecular flexibility index (Phi) is 3.68. The summed E-state index contributed by atoms with van der Waals surface area (Å²) in [5.41, 5.74) is 6.91. The Hall–Kier alpha value is -3.52. The van der Waals surface area contributed by atoms with E-state index in [0.29, 0.717) is 0 Å². The molecule has 0 saturated heterocycles. The maximum atomic E-state index is 6.16. The lowest BCUT2D eigenvalue weighted by Gasteiger charge is -2.34. The van der Waals surface area contributed by atoms with Gasteiger partial charge >= 0.3 is 0 Å². The molecule has 2 nitrogen and oxygen atoms in total. The van der Waals surface area contributed by atoms with E-state index in [1.165, 1.54) is 16.7 Å². The molecule has 1 aliphatic heterocycles. The van der Waals surface area contributed by atoms with Crippen LogP contribution in [0.2, 0.25) is 0 Å². The Morgan fingerprint density at radius 2 is 1.19 bits per heavy atom. The number of aryl methyl sites for hydroxylation is 1. The van der Waals surface area contributed by atoms with Crippen LogP contribution in [-0.2, 0) is 0 Å². The molecule has 0 aliphatic carbocycles. The van der Waals surface area contributed by atoms with Gasteiger partial charge in [-0.1, -0.05) is 66.2 Å². The number of benzene rings is 4. The number of hydrogen-bond acceptors (Lipinski definition) is 2. The zero-order valence-electron chi connectivity index (χ0n) is 15.1. The van der Waals surface area contributed by atoms with Gasteiger partial charge in [0.05, 0.1) is 17.1 Å². The summed E-state index contributed by atoms with van der Waals surface area (Å²) in [6, 6.07) is 33.6. The average molecular weight is 349 g/mol. The predicted molar refractivity (Wildman–Crippen MR) is 111 cm³/mol. The van der Waals surface area contributed by atoms with E-state index in [1.54, 1.807) is 0 Å². The highest BCUT2D eigenvalue weighted by Gasteiger charge is 2.26. The highest BCUT2D eigenvalue weighted by molar-refractivity contribution is 5.92. The zero-order valence-corrected chi connectivity index (χ0v) is 15.1. The molecule has 1 heterocycles. The van der Waals surface area contributed by atoms with Gasteiger partial charge in [-0.05, 0) is 48.9 Å². The second kappa shape index (κ2) is 6.33. The van der Waals surface area contributed by atoms with E-state index >= 15 is 0 Å². The van der Waals surface area contributed by atoms with Crippen molar-refractivity contribution in [3.8, 4) is 22.6 Å². The number of para-hydroxylation sites is 4. The fourth-order valence-electron chi connectivity index (χ4n) is 3.66. The van der Waals surface area contributed by atoms with E-state index in [-0.39, 0.29) is 0 Å². The maximum absolute atomic E-state index is 6.16. The first kappa shape index (κ1) is 15.7. The molecule has 2 heteroatoms. The maximum Gasteiger partial charge on any atom is 0.151 e. The molecule has 0 atom stereocenters. The van der Waals surface area contributed by atoms with Gasteiger partial charge in [-0.2, -0.15) is 0 Å². The molecular formula is C25H19NO. The smallest absolute Gasteiger partial charge is 0.151 e. The van der Waals surface area contributed by atoms with Gasteiger partial charge in [0.25, 0.3) is 0 Å². The van der Waals surface area contributed by atoms with E-state index < -0.39 is 0 Å². The quantitative estimate of drug-likeness (QED) is 0.333. The van der Waals surface area contributed by atoms with Crippen molar-refractivity contribution in [2.75, 3.05) is 4.90 Å². The lowest BCUT2D eigenvalue weighted by atomic mass is 9.99. The minimum atomic E-state index is 0.871. The highest BCUT2D eigenvalue weighted by Crippen LogP contribution is 2.52. The first-order chi connectivity index (χ1) is 13.3. The molecule has 27 heavy (non-hydrogen) atoms. The fourth-order valence-corrected chi connectivity index (χ4v) is 3.66. The average Bonchev–Trinajstić information content (AvgIpc) is 2.73. The lowest BCUT2D eigenvalue weighted by molar-refractivity contribution is 0.477. The molecule has 0 saturated carbocycles. The van der Waals surface area contributed by atoms with Crippen LogP contribution < -0.4 is 9.64 Å². The van der Waals surface area contributed by atoms with Crippen molar-refractivity contribution in [2.24, 2.45) is 0 Å². The third-order valence-electron chi connectivity index (χ3n) is 4.91. The molecule has 0 radical (unpaired) electrons. The van der Waals surface area contributed by atoms with Gasteiger partial charge in [-0.15, -0.1) is 0 Å². The third kappa shape index (κ3) is 2.67. The van der Waals surface area contributed by atoms with Crippen LogP contribution in [0.4, 0.5) is 17.1 Å². The van der Waals surface area contributed by atoms with Gasteiger partial charge in [-0.25, -0.2) is 0 Å². The Morgan fingerprint density at radius 1 is 0.593 bits per heavy atom. The number of rotatable bonds is 2. The van der Waals surface area contributed by atoms with Crippen LogP contribution in [-0.4, -0.2) is 0 Å². The van der Waals surface area contributed by atoms with Crippen molar-refractivity contribution in [2.45, 2.75) is 6.92 Å². The summed E-state index contributed by atoms with van der Waals surface area (Å²) in [5.74, 6) is 1.74. The van der Waals surface area contributed by atoms with Crippen LogP contribution in [0, 0.1) is 6.92 Å². The second-order valence-corrected chi connectivity index (χ2v) is 6.76. The first-order valence-electron chi connectivity index (χ1n) is 9.13. The van der Waals surface area contributed by atoms with Crippen LogP contribution in [0.1, 0.15) is 5.56 Å². The largest absolute Gasteiger partial charge is 0.453 e. The van der Waals surface area contributed by atoms with E-state index in [2.05, 4.69) is 84.6 Å². The minimum absolute atomic E-state index is 0.871. The summed E-state index contributed by atoms with van der Waals surface area (Å²) in [5, 5.41) is 0. The monoisotopic (exact) mass is 349 g/mol. The van der Waals surface area contributed by atoms with Crippen molar-refractivity contribution in [1.29, 1.82) is 0 Å². The van der Waals surface area contributed by atoms with Gasteiger partial charge < -0.3 is 9.64 Å². The molecule has 0 amide bonds. The van der Waals surface area contributed by atoms with Crippen LogP contribution in [0.25, 0.3) is 11.1 Å². The van der Waals surface area contributed by atoms with Crippen molar-refractivity contribution in [3.63, 3.8) is 0 Å². The van der Waals surface area contributed by atoms with Gasteiger partial charge in [0.15, 0.2) is 11.5 Å². The topological polar surface area (TPSA) is 12.5 Å². The molecule has 0 unspecified atom stereocenters. The van der Waals surface area contributed by atoms with E-state index in [0.717, 1.165) is 28.6 Å². The van der Waals surface area contributed by atoms with Crippen molar-refractivity contribution >= 4 is 17.1 Å². The summed E-state index contributed by atoms with van der Waals surface area (Å²) in [6.07, 6.45) is 0. The SMILES string of the molecule is Cc1ccc(N2c3ccccc3Oc3ccccc32)c(-c2ccccc2)c1. The lowest BCUT2D eigenvalue weighted by Crippen LogP contribution is -2.16. The molecule has 4 aromatic carbocycles. The Morgan fingerprint density at radius 3 is 1.85 bits per heavy atom.